The van der Waals surface area contributed by atoms with Crippen LogP contribution in [0.3, 0.4) is 0 Å². The summed E-state index contributed by atoms with van der Waals surface area (Å²) >= 11 is 0. The number of benzene rings is 3. The number of phenols is 2. The van der Waals surface area contributed by atoms with Gasteiger partial charge in [-0.3, -0.25) is 9.54 Å². The van der Waals surface area contributed by atoms with Gasteiger partial charge in [0.1, 0.15) is 16.4 Å². The fraction of sp³-hybridized carbons (Fsp3) is 0. The molecular formula is C25H23NO9S. The van der Waals surface area contributed by atoms with Gasteiger partial charge in [0.2, 0.25) is 0 Å². The number of aromatic nitrogens is 1. The fourth-order valence-corrected chi connectivity index (χ4v) is 2.79. The Morgan fingerprint density at radius 2 is 1.06 bits per heavy atom. The number of carboxylic acids is 2. The average Bonchev–Trinajstić information content (AvgIpc) is 2.88. The Hall–Kier alpha value is -4.74. The van der Waals surface area contributed by atoms with Crippen LogP contribution in [0, 0.1) is 0 Å². The molecule has 0 radical (unpaired) electrons. The molecule has 0 unspecified atom stereocenters. The van der Waals surface area contributed by atoms with E-state index in [2.05, 4.69) is 4.98 Å². The fourth-order valence-electron chi connectivity index (χ4n) is 2.18. The molecule has 0 spiro atoms. The maximum absolute atomic E-state index is 10.5. The number of aromatic hydroxyl groups is 2. The molecule has 4 rings (SSSR count). The van der Waals surface area contributed by atoms with Crippen molar-refractivity contribution in [3.05, 3.63) is 121 Å². The number of nitrogens with zero attached hydrogens (tertiary/aromatic N) is 1. The second-order valence-electron chi connectivity index (χ2n) is 6.49. The van der Waals surface area contributed by atoms with Gasteiger partial charge in [-0.2, -0.15) is 8.42 Å². The largest absolute Gasteiger partial charge is 0.508 e. The number of carboxylic acid groups (broad SMARTS) is 2. The van der Waals surface area contributed by atoms with E-state index < -0.39 is 32.7 Å². The highest BCUT2D eigenvalue weighted by Crippen LogP contribution is 2.25. The maximum atomic E-state index is 10.5. The predicted molar refractivity (Wildman–Crippen MR) is 131 cm³/mol. The van der Waals surface area contributed by atoms with E-state index in [0.29, 0.717) is 11.1 Å². The Balaban J connectivity index is 0.000000246. The molecule has 0 fully saturated rings. The zero-order valence-corrected chi connectivity index (χ0v) is 19.4. The SMILES string of the molecule is O=C(O)c1ccccc1.O=C(O)c1ccccc1.O=S(=O)(O)c1cc(O)ccc1O.c1ccncc1. The van der Waals surface area contributed by atoms with Gasteiger partial charge < -0.3 is 20.4 Å². The van der Waals surface area contributed by atoms with Crippen LogP contribution in [-0.2, 0) is 10.1 Å². The van der Waals surface area contributed by atoms with Crippen LogP contribution < -0.4 is 0 Å². The first kappa shape index (κ1) is 29.3. The number of aromatic carboxylic acids is 2. The molecule has 0 saturated heterocycles. The Morgan fingerprint density at radius 1 is 0.639 bits per heavy atom. The van der Waals surface area contributed by atoms with Gasteiger partial charge in [-0.05, 0) is 48.5 Å². The van der Waals surface area contributed by atoms with Crippen molar-refractivity contribution >= 4 is 22.1 Å². The van der Waals surface area contributed by atoms with Gasteiger partial charge in [-0.25, -0.2) is 9.59 Å². The molecule has 36 heavy (non-hydrogen) atoms. The van der Waals surface area contributed by atoms with E-state index >= 15 is 0 Å². The van der Waals surface area contributed by atoms with E-state index in [1.165, 1.54) is 0 Å². The van der Waals surface area contributed by atoms with Crippen molar-refractivity contribution in [2.75, 3.05) is 0 Å². The molecule has 0 bridgehead atoms. The van der Waals surface area contributed by atoms with Crippen LogP contribution in [-0.4, -0.2) is 50.3 Å². The van der Waals surface area contributed by atoms with Crippen LogP contribution in [0.25, 0.3) is 0 Å². The normalized spacial score (nSPS) is 9.58. The van der Waals surface area contributed by atoms with Crippen molar-refractivity contribution in [3.63, 3.8) is 0 Å². The lowest BCUT2D eigenvalue weighted by molar-refractivity contribution is 0.0686. The molecule has 0 aliphatic heterocycles. The Morgan fingerprint density at radius 3 is 1.31 bits per heavy atom. The van der Waals surface area contributed by atoms with Crippen molar-refractivity contribution in [1.29, 1.82) is 0 Å². The quantitative estimate of drug-likeness (QED) is 0.197. The summed E-state index contributed by atoms with van der Waals surface area (Å²) in [6, 6.07) is 25.1. The second-order valence-corrected chi connectivity index (χ2v) is 7.88. The van der Waals surface area contributed by atoms with Crippen molar-refractivity contribution in [2.24, 2.45) is 0 Å². The van der Waals surface area contributed by atoms with Gasteiger partial charge in [0.15, 0.2) is 0 Å². The lowest BCUT2D eigenvalue weighted by atomic mass is 10.2. The summed E-state index contributed by atoms with van der Waals surface area (Å²) in [6.45, 7) is 0. The maximum Gasteiger partial charge on any atom is 0.335 e. The molecule has 11 heteroatoms. The van der Waals surface area contributed by atoms with Crippen LogP contribution in [0.5, 0.6) is 11.5 Å². The summed E-state index contributed by atoms with van der Waals surface area (Å²) in [6.07, 6.45) is 3.50. The zero-order chi connectivity index (χ0) is 27.0. The first-order chi connectivity index (χ1) is 17.0. The van der Waals surface area contributed by atoms with Crippen LogP contribution in [0.15, 0.2) is 114 Å². The minimum Gasteiger partial charge on any atom is -0.508 e. The third-order valence-electron chi connectivity index (χ3n) is 3.83. The van der Waals surface area contributed by atoms with Crippen molar-refractivity contribution in [3.8, 4) is 11.5 Å². The molecule has 0 amide bonds. The molecule has 4 aromatic rings. The Bertz CT molecular complexity index is 1240. The van der Waals surface area contributed by atoms with Crippen LogP contribution in [0.1, 0.15) is 20.7 Å². The molecule has 188 valence electrons. The van der Waals surface area contributed by atoms with E-state index in [1.807, 2.05) is 18.2 Å². The summed E-state index contributed by atoms with van der Waals surface area (Å²) < 4.78 is 29.5. The van der Waals surface area contributed by atoms with Crippen molar-refractivity contribution < 1.29 is 43.0 Å². The van der Waals surface area contributed by atoms with E-state index in [1.54, 1.807) is 73.1 Å². The molecule has 0 atom stereocenters. The minimum absolute atomic E-state index is 0.331. The zero-order valence-electron chi connectivity index (χ0n) is 18.6. The molecule has 1 heterocycles. The third-order valence-corrected chi connectivity index (χ3v) is 4.71. The van der Waals surface area contributed by atoms with Gasteiger partial charge >= 0.3 is 11.9 Å². The highest BCUT2D eigenvalue weighted by molar-refractivity contribution is 7.86. The van der Waals surface area contributed by atoms with Gasteiger partial charge in [0.05, 0.1) is 11.1 Å². The number of hydrogen-bond acceptors (Lipinski definition) is 7. The number of carbonyl (C=O) groups is 2. The smallest absolute Gasteiger partial charge is 0.335 e. The van der Waals surface area contributed by atoms with E-state index in [9.17, 15) is 18.0 Å². The summed E-state index contributed by atoms with van der Waals surface area (Å²) in [5, 5.41) is 34.5. The average molecular weight is 514 g/mol. The Kier molecular flexibility index (Phi) is 12.4. The highest BCUT2D eigenvalue weighted by atomic mass is 32.2. The summed E-state index contributed by atoms with van der Waals surface area (Å²) in [7, 11) is -4.47. The third kappa shape index (κ3) is 11.9. The van der Waals surface area contributed by atoms with Crippen LogP contribution in [0.2, 0.25) is 0 Å². The summed E-state index contributed by atoms with van der Waals surface area (Å²) in [5.74, 6) is -2.71. The molecule has 3 aromatic carbocycles. The second kappa shape index (κ2) is 15.2. The lowest BCUT2D eigenvalue weighted by Crippen LogP contribution is -1.97. The van der Waals surface area contributed by atoms with Gasteiger partial charge in [0, 0.05) is 18.5 Å². The number of phenolic OH excluding ortho intramolecular Hbond substituents is 2. The van der Waals surface area contributed by atoms with E-state index in [-0.39, 0.29) is 5.75 Å². The molecule has 0 saturated carbocycles. The van der Waals surface area contributed by atoms with Crippen molar-refractivity contribution in [2.45, 2.75) is 4.90 Å². The topological polar surface area (TPSA) is 182 Å². The standard InChI is InChI=1S/2C7H6O2.C6H6O5S.C5H5N/c2*8-7(9)6-4-2-1-3-5-6;7-4-1-2-5(8)6(3-4)12(9,10)11;1-2-4-6-5-3-1/h2*1-5H,(H,8,9);1-3,7-8H,(H,9,10,11);1-5H. The number of rotatable bonds is 3. The summed E-state index contributed by atoms with van der Waals surface area (Å²) in [5.41, 5.74) is 0.662. The molecular weight excluding hydrogens is 490 g/mol. The molecule has 0 aliphatic carbocycles. The summed E-state index contributed by atoms with van der Waals surface area (Å²) in [4.78, 5) is 23.5. The molecule has 1 aromatic heterocycles. The lowest BCUT2D eigenvalue weighted by Gasteiger charge is -2.00. The number of hydrogen-bond donors (Lipinski definition) is 5. The predicted octanol–water partition coefficient (Wildman–Crippen LogP) is 4.20. The first-order valence-corrected chi connectivity index (χ1v) is 11.4. The van der Waals surface area contributed by atoms with Gasteiger partial charge in [-0.15, -0.1) is 0 Å². The first-order valence-electron chi connectivity index (χ1n) is 9.93. The van der Waals surface area contributed by atoms with Crippen LogP contribution >= 0.6 is 0 Å². The Labute approximate surface area is 207 Å². The van der Waals surface area contributed by atoms with E-state index in [0.717, 1.165) is 18.2 Å². The van der Waals surface area contributed by atoms with Crippen molar-refractivity contribution in [1.82, 2.24) is 4.98 Å². The molecule has 0 aliphatic rings. The minimum atomic E-state index is -4.47. The monoisotopic (exact) mass is 513 g/mol. The highest BCUT2D eigenvalue weighted by Gasteiger charge is 2.15. The molecule has 10 nitrogen and oxygen atoms in total. The number of pyridine rings is 1. The van der Waals surface area contributed by atoms with Gasteiger partial charge in [-0.1, -0.05) is 42.5 Å². The van der Waals surface area contributed by atoms with Crippen LogP contribution in [0.4, 0.5) is 0 Å². The van der Waals surface area contributed by atoms with E-state index in [4.69, 9.17) is 25.0 Å². The molecule has 5 N–H and O–H groups in total. The van der Waals surface area contributed by atoms with Gasteiger partial charge in [0.25, 0.3) is 10.1 Å².